The smallest absolute Gasteiger partial charge is 0.306 e. The lowest BCUT2D eigenvalue weighted by Crippen LogP contribution is -2.42. The summed E-state index contributed by atoms with van der Waals surface area (Å²) in [5.41, 5.74) is 2.21. The van der Waals surface area contributed by atoms with Crippen molar-refractivity contribution < 1.29 is 26.6 Å². The molecule has 0 saturated heterocycles. The zero-order valence-electron chi connectivity index (χ0n) is 23.9. The molecule has 0 N–H and O–H groups in total. The topological polar surface area (TPSA) is 78.9 Å². The van der Waals surface area contributed by atoms with Gasteiger partial charge in [0.25, 0.3) is 10.1 Å². The highest BCUT2D eigenvalue weighted by molar-refractivity contribution is 7.86. The first kappa shape index (κ1) is 31.7. The zero-order chi connectivity index (χ0) is 27.6. The maximum Gasteiger partial charge on any atom is 0.306 e. The Balaban J connectivity index is 2.11. The normalized spacial score (nSPS) is 24.8. The molecule has 210 valence electrons. The minimum atomic E-state index is -3.88. The average Bonchev–Trinajstić information content (AvgIpc) is 2.87. The minimum absolute atomic E-state index is 0.0505. The summed E-state index contributed by atoms with van der Waals surface area (Å²) in [6, 6.07) is 9.91. The van der Waals surface area contributed by atoms with Crippen LogP contribution < -0.4 is 0 Å². The number of allylic oxidation sites excluding steroid dienone is 1. The van der Waals surface area contributed by atoms with Crippen LogP contribution in [0.15, 0.2) is 40.8 Å². The molecule has 2 rings (SSSR count). The summed E-state index contributed by atoms with van der Waals surface area (Å²) in [5.74, 6) is -0.168. The Morgan fingerprint density at radius 3 is 2.30 bits per heavy atom. The average molecular weight is 553 g/mol. The molecule has 1 aliphatic rings. The van der Waals surface area contributed by atoms with Crippen LogP contribution in [-0.2, 0) is 28.3 Å². The van der Waals surface area contributed by atoms with Gasteiger partial charge in [0.2, 0.25) is 0 Å². The lowest BCUT2D eigenvalue weighted by molar-refractivity contribution is -0.152. The molecule has 8 heteroatoms. The molecular formula is C29H48O6SSi. The van der Waals surface area contributed by atoms with Crippen molar-refractivity contribution in [3.05, 3.63) is 41.5 Å². The number of benzene rings is 1. The second kappa shape index (κ2) is 14.6. The second-order valence-electron chi connectivity index (χ2n) is 10.8. The number of rotatable bonds is 10. The molecule has 0 amide bonds. The molecule has 1 aliphatic heterocycles. The first-order valence-corrected chi connectivity index (χ1v) is 17.9. The van der Waals surface area contributed by atoms with E-state index >= 15 is 0 Å². The monoisotopic (exact) mass is 552 g/mol. The van der Waals surface area contributed by atoms with Crippen molar-refractivity contribution in [2.24, 2.45) is 11.8 Å². The molecule has 6 nitrogen and oxygen atoms in total. The van der Waals surface area contributed by atoms with Crippen LogP contribution in [0.4, 0.5) is 0 Å². The lowest BCUT2D eigenvalue weighted by atomic mass is 9.91. The Hall–Kier alpha value is -1.48. The number of ether oxygens (including phenoxy) is 1. The maximum absolute atomic E-state index is 12.8. The number of aryl methyl sites for hydroxylation is 1. The van der Waals surface area contributed by atoms with E-state index in [1.807, 2.05) is 13.8 Å². The molecule has 0 aliphatic carbocycles. The molecule has 0 saturated carbocycles. The summed E-state index contributed by atoms with van der Waals surface area (Å²) >= 11 is 0. The minimum Gasteiger partial charge on any atom is -0.462 e. The first-order valence-electron chi connectivity index (χ1n) is 13.9. The van der Waals surface area contributed by atoms with E-state index in [1.54, 1.807) is 24.3 Å². The van der Waals surface area contributed by atoms with Gasteiger partial charge in [0.15, 0.2) is 8.32 Å². The predicted molar refractivity (Wildman–Crippen MR) is 151 cm³/mol. The number of cyclic esters (lactones) is 1. The van der Waals surface area contributed by atoms with Gasteiger partial charge in [-0.3, -0.25) is 8.98 Å². The second-order valence-corrected chi connectivity index (χ2v) is 17.2. The van der Waals surface area contributed by atoms with Crippen LogP contribution >= 0.6 is 0 Å². The van der Waals surface area contributed by atoms with E-state index in [0.717, 1.165) is 43.0 Å². The molecule has 1 unspecified atom stereocenters. The summed E-state index contributed by atoms with van der Waals surface area (Å²) in [6.45, 7) is 14.8. The molecule has 1 aromatic carbocycles. The predicted octanol–water partition coefficient (Wildman–Crippen LogP) is 7.19. The third-order valence-electron chi connectivity index (χ3n) is 7.89. The Bertz CT molecular complexity index is 976. The number of esters is 1. The quantitative estimate of drug-likeness (QED) is 0.132. The summed E-state index contributed by atoms with van der Waals surface area (Å²) in [4.78, 5) is 12.9. The number of carbonyl (C=O) groups excluding carboxylic acids is 1. The van der Waals surface area contributed by atoms with Crippen LogP contribution in [0.1, 0.15) is 79.2 Å². The van der Waals surface area contributed by atoms with Gasteiger partial charge in [0.1, 0.15) is 6.10 Å². The van der Waals surface area contributed by atoms with E-state index in [9.17, 15) is 13.2 Å². The molecule has 4 atom stereocenters. The van der Waals surface area contributed by atoms with Crippen LogP contribution in [-0.4, -0.2) is 41.5 Å². The molecule has 0 fully saturated rings. The highest BCUT2D eigenvalue weighted by atomic mass is 32.2. The van der Waals surface area contributed by atoms with Crippen molar-refractivity contribution >= 4 is 24.4 Å². The van der Waals surface area contributed by atoms with E-state index < -0.39 is 24.5 Å². The Kier molecular flexibility index (Phi) is 12.5. The van der Waals surface area contributed by atoms with Crippen molar-refractivity contribution in [1.29, 1.82) is 0 Å². The molecule has 1 aromatic rings. The van der Waals surface area contributed by atoms with Crippen molar-refractivity contribution in [2.75, 3.05) is 6.61 Å². The largest absolute Gasteiger partial charge is 0.462 e. The van der Waals surface area contributed by atoms with Gasteiger partial charge >= 0.3 is 5.97 Å². The molecular weight excluding hydrogens is 504 g/mol. The fourth-order valence-corrected chi connectivity index (χ4v) is 8.96. The molecule has 37 heavy (non-hydrogen) atoms. The Morgan fingerprint density at radius 1 is 1.08 bits per heavy atom. The Morgan fingerprint density at radius 2 is 1.70 bits per heavy atom. The van der Waals surface area contributed by atoms with Gasteiger partial charge in [-0.15, -0.1) is 0 Å². The van der Waals surface area contributed by atoms with E-state index in [1.165, 1.54) is 5.57 Å². The summed E-state index contributed by atoms with van der Waals surface area (Å²) in [6.07, 6.45) is 5.19. The number of carbonyl (C=O) groups is 1. The van der Waals surface area contributed by atoms with Crippen LogP contribution in [0, 0.1) is 18.8 Å². The number of hydrogen-bond donors (Lipinski definition) is 0. The highest BCUT2D eigenvalue weighted by Crippen LogP contribution is 2.31. The fourth-order valence-electron chi connectivity index (χ4n) is 4.97. The van der Waals surface area contributed by atoms with Gasteiger partial charge in [-0.2, -0.15) is 8.42 Å². The van der Waals surface area contributed by atoms with Crippen molar-refractivity contribution in [2.45, 2.75) is 116 Å². The highest BCUT2D eigenvalue weighted by Gasteiger charge is 2.34. The van der Waals surface area contributed by atoms with Gasteiger partial charge in [-0.25, -0.2) is 0 Å². The van der Waals surface area contributed by atoms with Crippen LogP contribution in [0.2, 0.25) is 18.1 Å². The van der Waals surface area contributed by atoms with Gasteiger partial charge in [0, 0.05) is 24.9 Å². The van der Waals surface area contributed by atoms with Gasteiger partial charge < -0.3 is 9.16 Å². The third kappa shape index (κ3) is 9.64. The van der Waals surface area contributed by atoms with E-state index in [4.69, 9.17) is 13.3 Å². The Labute approximate surface area is 226 Å². The molecule has 0 radical (unpaired) electrons. The standard InChI is InChI=1S/C29H48O6SSi/c1-8-37(9-2,10-3)35-28-12-11-13-29(30)34-27(19-16-23(5)20-24(28)6)25(7)21-33-36(31,32)26-17-14-22(4)15-18-26/h14-18,24-25,27-28H,8-13,19-21H2,1-7H3/b23-16+/t24?,25-,27+,28-/m0/s1. The van der Waals surface area contributed by atoms with Gasteiger partial charge in [0.05, 0.1) is 11.5 Å². The maximum atomic E-state index is 12.8. The van der Waals surface area contributed by atoms with Crippen molar-refractivity contribution in [3.8, 4) is 0 Å². The van der Waals surface area contributed by atoms with Crippen molar-refractivity contribution in [3.63, 3.8) is 0 Å². The summed E-state index contributed by atoms with van der Waals surface area (Å²) in [5, 5.41) is 0. The molecule has 0 spiro atoms. The van der Waals surface area contributed by atoms with E-state index in [2.05, 4.69) is 40.7 Å². The number of hydrogen-bond acceptors (Lipinski definition) is 6. The first-order chi connectivity index (χ1) is 17.4. The summed E-state index contributed by atoms with van der Waals surface area (Å²) < 4.78 is 43.4. The SMILES string of the molecule is CC[Si](CC)(CC)O[C@H]1CCCC(=O)O[C@@H]([C@@H](C)COS(=O)(=O)c2ccc(C)cc2)C/C=C(\C)CC1C. The van der Waals surface area contributed by atoms with Crippen LogP contribution in [0.25, 0.3) is 0 Å². The summed E-state index contributed by atoms with van der Waals surface area (Å²) in [7, 11) is -5.63. The van der Waals surface area contributed by atoms with Crippen LogP contribution in [0.5, 0.6) is 0 Å². The van der Waals surface area contributed by atoms with E-state index in [-0.39, 0.29) is 29.5 Å². The van der Waals surface area contributed by atoms with Crippen molar-refractivity contribution in [1.82, 2.24) is 0 Å². The molecule has 0 aromatic heterocycles. The van der Waals surface area contributed by atoms with Gasteiger partial charge in [-0.05, 0) is 69.3 Å². The van der Waals surface area contributed by atoms with E-state index in [0.29, 0.717) is 18.8 Å². The third-order valence-corrected chi connectivity index (χ3v) is 13.9. The van der Waals surface area contributed by atoms with Crippen LogP contribution in [0.3, 0.4) is 0 Å². The molecule has 1 heterocycles. The zero-order valence-corrected chi connectivity index (χ0v) is 25.7. The lowest BCUT2D eigenvalue weighted by Gasteiger charge is -2.36. The van der Waals surface area contributed by atoms with Gasteiger partial charge in [-0.1, -0.05) is 64.0 Å². The molecule has 0 bridgehead atoms. The fraction of sp³-hybridized carbons (Fsp3) is 0.690.